The van der Waals surface area contributed by atoms with Gasteiger partial charge in [0.15, 0.2) is 0 Å². The van der Waals surface area contributed by atoms with Gasteiger partial charge in [0.1, 0.15) is 23.3 Å². The summed E-state index contributed by atoms with van der Waals surface area (Å²) in [6.45, 7) is 0. The van der Waals surface area contributed by atoms with Gasteiger partial charge in [-0.1, -0.05) is 12.1 Å². The molecule has 0 aliphatic heterocycles. The summed E-state index contributed by atoms with van der Waals surface area (Å²) in [6.07, 6.45) is 0.188. The monoisotopic (exact) mass is 283 g/mol. The molecule has 0 aliphatic rings. The summed E-state index contributed by atoms with van der Waals surface area (Å²) in [5.41, 5.74) is 0.339. The van der Waals surface area contributed by atoms with Crippen molar-refractivity contribution in [1.82, 2.24) is 5.32 Å². The number of nitrogens with one attached hydrogen (secondary N) is 1. The van der Waals surface area contributed by atoms with Crippen LogP contribution < -0.4 is 5.32 Å². The number of hydrogen-bond donors (Lipinski definition) is 1. The van der Waals surface area contributed by atoms with E-state index >= 15 is 0 Å². The van der Waals surface area contributed by atoms with Crippen LogP contribution in [0.2, 0.25) is 0 Å². The largest absolute Gasteiger partial charge is 0.313 e. The van der Waals surface area contributed by atoms with Gasteiger partial charge in [0, 0.05) is 23.7 Å². The summed E-state index contributed by atoms with van der Waals surface area (Å²) in [6, 6.07) is 6.32. The molecule has 5 heteroatoms. The Labute approximate surface area is 114 Å². The summed E-state index contributed by atoms with van der Waals surface area (Å²) < 4.78 is 53.5. The molecule has 1 nitrogen and oxygen atoms in total. The number of rotatable bonds is 4. The Bertz CT molecular complexity index is 590. The average Bonchev–Trinajstić information content (AvgIpc) is 2.36. The lowest BCUT2D eigenvalue weighted by Gasteiger charge is -2.18. The molecule has 0 radical (unpaired) electrons. The van der Waals surface area contributed by atoms with E-state index in [4.69, 9.17) is 0 Å². The molecule has 0 bridgehead atoms. The maximum Gasteiger partial charge on any atom is 0.133 e. The van der Waals surface area contributed by atoms with Gasteiger partial charge in [0.25, 0.3) is 0 Å². The van der Waals surface area contributed by atoms with Crippen LogP contribution in [0.4, 0.5) is 17.6 Å². The predicted octanol–water partition coefficient (Wildman–Crippen LogP) is 3.75. The van der Waals surface area contributed by atoms with Gasteiger partial charge in [0.2, 0.25) is 0 Å². The van der Waals surface area contributed by atoms with E-state index in [-0.39, 0.29) is 12.0 Å². The number of benzene rings is 2. The first kappa shape index (κ1) is 14.5. The van der Waals surface area contributed by atoms with Crippen LogP contribution in [0.15, 0.2) is 36.4 Å². The summed E-state index contributed by atoms with van der Waals surface area (Å²) >= 11 is 0. The molecule has 20 heavy (non-hydrogen) atoms. The summed E-state index contributed by atoms with van der Waals surface area (Å²) in [5, 5.41) is 2.76. The third-order valence-corrected chi connectivity index (χ3v) is 3.07. The normalized spacial score (nSPS) is 12.4. The lowest BCUT2D eigenvalue weighted by molar-refractivity contribution is 0.474. The van der Waals surface area contributed by atoms with Crippen LogP contribution in [0.5, 0.6) is 0 Å². The highest BCUT2D eigenvalue weighted by Crippen LogP contribution is 2.25. The third-order valence-electron chi connectivity index (χ3n) is 3.07. The van der Waals surface area contributed by atoms with Crippen LogP contribution in [-0.4, -0.2) is 7.05 Å². The van der Waals surface area contributed by atoms with E-state index in [1.54, 1.807) is 6.07 Å². The summed E-state index contributed by atoms with van der Waals surface area (Å²) in [4.78, 5) is 0. The Morgan fingerprint density at radius 2 is 1.60 bits per heavy atom. The predicted molar refractivity (Wildman–Crippen MR) is 68.2 cm³/mol. The highest BCUT2D eigenvalue weighted by Gasteiger charge is 2.20. The zero-order valence-electron chi connectivity index (χ0n) is 10.8. The second-order valence-electron chi connectivity index (χ2n) is 4.46. The molecule has 2 aromatic carbocycles. The first-order chi connectivity index (χ1) is 9.51. The van der Waals surface area contributed by atoms with Crippen molar-refractivity contribution in [3.05, 3.63) is 70.8 Å². The van der Waals surface area contributed by atoms with Gasteiger partial charge in [-0.2, -0.15) is 0 Å². The van der Waals surface area contributed by atoms with Crippen molar-refractivity contribution in [3.8, 4) is 0 Å². The average molecular weight is 283 g/mol. The van der Waals surface area contributed by atoms with Crippen LogP contribution in [0, 0.1) is 23.3 Å². The zero-order valence-corrected chi connectivity index (χ0v) is 10.8. The number of halogens is 4. The fourth-order valence-electron chi connectivity index (χ4n) is 2.13. The van der Waals surface area contributed by atoms with Crippen molar-refractivity contribution in [2.45, 2.75) is 12.5 Å². The van der Waals surface area contributed by atoms with Crippen LogP contribution in [-0.2, 0) is 6.42 Å². The van der Waals surface area contributed by atoms with Crippen molar-refractivity contribution in [2.24, 2.45) is 0 Å². The molecule has 1 atom stereocenters. The van der Waals surface area contributed by atoms with Gasteiger partial charge in [-0.3, -0.25) is 0 Å². The Morgan fingerprint density at radius 1 is 0.950 bits per heavy atom. The maximum absolute atomic E-state index is 13.7. The minimum absolute atomic E-state index is 0.188. The first-order valence-corrected chi connectivity index (χ1v) is 6.07. The second kappa shape index (κ2) is 6.05. The van der Waals surface area contributed by atoms with Crippen molar-refractivity contribution in [3.63, 3.8) is 0 Å². The van der Waals surface area contributed by atoms with Crippen LogP contribution in [0.25, 0.3) is 0 Å². The Hall–Kier alpha value is -1.88. The van der Waals surface area contributed by atoms with Gasteiger partial charge >= 0.3 is 0 Å². The van der Waals surface area contributed by atoms with Crippen molar-refractivity contribution < 1.29 is 17.6 Å². The van der Waals surface area contributed by atoms with Crippen molar-refractivity contribution in [2.75, 3.05) is 7.05 Å². The Morgan fingerprint density at radius 3 is 2.15 bits per heavy atom. The minimum atomic E-state index is -0.968. The molecule has 1 unspecified atom stereocenters. The molecule has 0 aromatic heterocycles. The van der Waals surface area contributed by atoms with Gasteiger partial charge in [-0.15, -0.1) is 0 Å². The second-order valence-corrected chi connectivity index (χ2v) is 4.46. The molecule has 0 saturated heterocycles. The highest BCUT2D eigenvalue weighted by molar-refractivity contribution is 5.27. The van der Waals surface area contributed by atoms with Gasteiger partial charge in [-0.25, -0.2) is 17.6 Å². The molecular formula is C15H13F4N. The third kappa shape index (κ3) is 3.17. The molecular weight excluding hydrogens is 270 g/mol. The van der Waals surface area contributed by atoms with Crippen LogP contribution in [0.1, 0.15) is 17.2 Å². The summed E-state index contributed by atoms with van der Waals surface area (Å²) in [7, 11) is 1.53. The number of hydrogen-bond acceptors (Lipinski definition) is 1. The van der Waals surface area contributed by atoms with Crippen LogP contribution >= 0.6 is 0 Å². The molecule has 0 amide bonds. The smallest absolute Gasteiger partial charge is 0.133 e. The van der Waals surface area contributed by atoms with Crippen molar-refractivity contribution >= 4 is 0 Å². The Kier molecular flexibility index (Phi) is 4.39. The molecule has 0 spiro atoms. The lowest BCUT2D eigenvalue weighted by atomic mass is 9.98. The zero-order chi connectivity index (χ0) is 14.7. The van der Waals surface area contributed by atoms with Gasteiger partial charge in [0.05, 0.1) is 0 Å². The fraction of sp³-hybridized carbons (Fsp3) is 0.200. The van der Waals surface area contributed by atoms with E-state index in [2.05, 4.69) is 5.32 Å². The van der Waals surface area contributed by atoms with Crippen LogP contribution in [0.3, 0.4) is 0 Å². The van der Waals surface area contributed by atoms with E-state index < -0.39 is 29.3 Å². The molecule has 2 aromatic rings. The number of likely N-dealkylation sites (N-methyl/N-ethyl adjacent to an activating group) is 1. The van der Waals surface area contributed by atoms with Gasteiger partial charge < -0.3 is 5.32 Å². The van der Waals surface area contributed by atoms with E-state index in [1.165, 1.54) is 25.2 Å². The highest BCUT2D eigenvalue weighted by atomic mass is 19.1. The molecule has 0 saturated carbocycles. The van der Waals surface area contributed by atoms with Gasteiger partial charge in [-0.05, 0) is 31.2 Å². The molecule has 1 N–H and O–H groups in total. The lowest BCUT2D eigenvalue weighted by Crippen LogP contribution is -2.21. The van der Waals surface area contributed by atoms with E-state index in [9.17, 15) is 17.6 Å². The SMILES string of the molecule is CNC(Cc1cccc(F)c1)c1c(F)cc(F)cc1F. The van der Waals surface area contributed by atoms with E-state index in [0.29, 0.717) is 17.7 Å². The van der Waals surface area contributed by atoms with E-state index in [0.717, 1.165) is 0 Å². The van der Waals surface area contributed by atoms with E-state index in [1.807, 2.05) is 0 Å². The summed E-state index contributed by atoms with van der Waals surface area (Å²) in [5.74, 6) is -3.31. The molecule has 2 rings (SSSR count). The quantitative estimate of drug-likeness (QED) is 0.843. The molecule has 0 fully saturated rings. The standard InChI is InChI=1S/C15H13F4N/c1-20-14(6-9-3-2-4-10(16)5-9)15-12(18)7-11(17)8-13(15)19/h2-5,7-8,14,20H,6H2,1H3. The topological polar surface area (TPSA) is 12.0 Å². The Balaban J connectivity index is 2.34. The first-order valence-electron chi connectivity index (χ1n) is 6.07. The molecule has 0 heterocycles. The molecule has 106 valence electrons. The molecule has 0 aliphatic carbocycles. The minimum Gasteiger partial charge on any atom is -0.313 e. The fourth-order valence-corrected chi connectivity index (χ4v) is 2.13. The maximum atomic E-state index is 13.7. The van der Waals surface area contributed by atoms with Crippen molar-refractivity contribution in [1.29, 1.82) is 0 Å².